The highest BCUT2D eigenvalue weighted by Gasteiger charge is 2.60. The Labute approximate surface area is 181 Å². The van der Waals surface area contributed by atoms with Crippen molar-refractivity contribution >= 4 is 22.4 Å². The Kier molecular flexibility index (Phi) is 4.36. The summed E-state index contributed by atoms with van der Waals surface area (Å²) in [5.41, 5.74) is 4.54. The van der Waals surface area contributed by atoms with Gasteiger partial charge in [-0.2, -0.15) is 14.9 Å². The number of amides is 1. The number of carbonyl (C=O) groups is 1. The first-order valence-electron chi connectivity index (χ1n) is 10.8. The summed E-state index contributed by atoms with van der Waals surface area (Å²) in [6.07, 6.45) is 3.23. The maximum atomic E-state index is 13.2. The molecule has 2 saturated carbocycles. The molecule has 1 heterocycles. The lowest BCUT2D eigenvalue weighted by molar-refractivity contribution is 0.0949. The Morgan fingerprint density at radius 1 is 1.06 bits per heavy atom. The molecular formula is C25H26N4O2. The molecule has 0 radical (unpaired) electrons. The molecule has 1 aromatic heterocycles. The van der Waals surface area contributed by atoms with Crippen molar-refractivity contribution in [3.8, 4) is 5.69 Å². The van der Waals surface area contributed by atoms with E-state index in [1.807, 2.05) is 18.2 Å². The molecule has 2 fully saturated rings. The molecule has 2 atom stereocenters. The van der Waals surface area contributed by atoms with Gasteiger partial charge >= 0.3 is 0 Å². The van der Waals surface area contributed by atoms with Gasteiger partial charge in [-0.3, -0.25) is 9.59 Å². The van der Waals surface area contributed by atoms with Crippen molar-refractivity contribution < 1.29 is 4.79 Å². The smallest absolute Gasteiger partial charge is 0.267 e. The third-order valence-electron chi connectivity index (χ3n) is 7.83. The molecule has 0 spiro atoms. The molecule has 0 aliphatic heterocycles. The lowest BCUT2D eigenvalue weighted by atomic mass is 9.70. The Balaban J connectivity index is 1.55. The molecule has 6 heteroatoms. The van der Waals surface area contributed by atoms with Crippen LogP contribution >= 0.6 is 0 Å². The van der Waals surface area contributed by atoms with E-state index < -0.39 is 5.91 Å². The number of fused-ring (bicyclic) bond motifs is 3. The van der Waals surface area contributed by atoms with E-state index in [1.165, 1.54) is 11.1 Å². The number of carbonyl (C=O) groups excluding carboxylic acids is 1. The fourth-order valence-corrected chi connectivity index (χ4v) is 5.37. The third kappa shape index (κ3) is 2.85. The van der Waals surface area contributed by atoms with Crippen LogP contribution in [0.25, 0.3) is 16.5 Å². The van der Waals surface area contributed by atoms with Crippen molar-refractivity contribution in [1.29, 1.82) is 0 Å². The molecule has 1 amide bonds. The van der Waals surface area contributed by atoms with Crippen LogP contribution in [0.3, 0.4) is 0 Å². The van der Waals surface area contributed by atoms with Crippen molar-refractivity contribution in [2.75, 3.05) is 0 Å². The van der Waals surface area contributed by atoms with Gasteiger partial charge in [0.25, 0.3) is 11.5 Å². The number of hydrogen-bond acceptors (Lipinski definition) is 4. The molecule has 2 aromatic carbocycles. The second-order valence-electron chi connectivity index (χ2n) is 9.44. The number of nitrogens with one attached hydrogen (secondary N) is 1. The Morgan fingerprint density at radius 3 is 2.39 bits per heavy atom. The van der Waals surface area contributed by atoms with Crippen LogP contribution in [-0.2, 0) is 0 Å². The normalized spacial score (nSPS) is 25.3. The minimum absolute atomic E-state index is 0.00324. The van der Waals surface area contributed by atoms with E-state index in [4.69, 9.17) is 0 Å². The highest BCUT2D eigenvalue weighted by atomic mass is 16.2. The summed E-state index contributed by atoms with van der Waals surface area (Å²) in [7, 11) is 0. The van der Waals surface area contributed by atoms with Gasteiger partial charge in [-0.1, -0.05) is 57.2 Å². The molecule has 5 rings (SSSR count). The summed E-state index contributed by atoms with van der Waals surface area (Å²) in [4.78, 5) is 26.2. The maximum Gasteiger partial charge on any atom is 0.292 e. The number of nitrogens with zero attached hydrogens (tertiary/aromatic N) is 3. The summed E-state index contributed by atoms with van der Waals surface area (Å²) < 4.78 is 1.28. The number of benzene rings is 2. The van der Waals surface area contributed by atoms with Crippen molar-refractivity contribution in [1.82, 2.24) is 15.2 Å². The average Bonchev–Trinajstić information content (AvgIpc) is 3.12. The third-order valence-corrected chi connectivity index (χ3v) is 7.83. The Hall–Kier alpha value is -3.28. The van der Waals surface area contributed by atoms with E-state index in [2.05, 4.69) is 36.4 Å². The second-order valence-corrected chi connectivity index (χ2v) is 9.44. The summed E-state index contributed by atoms with van der Waals surface area (Å²) >= 11 is 0. The molecule has 31 heavy (non-hydrogen) atoms. The fraction of sp³-hybridized carbons (Fsp3) is 0.360. The van der Waals surface area contributed by atoms with Gasteiger partial charge < -0.3 is 0 Å². The van der Waals surface area contributed by atoms with Gasteiger partial charge in [0, 0.05) is 16.5 Å². The first-order chi connectivity index (χ1) is 14.8. The molecule has 1 N–H and O–H groups in total. The first-order valence-corrected chi connectivity index (χ1v) is 10.8. The van der Waals surface area contributed by atoms with Crippen molar-refractivity contribution in [2.24, 2.45) is 21.8 Å². The van der Waals surface area contributed by atoms with Crippen molar-refractivity contribution in [2.45, 2.75) is 40.0 Å². The minimum Gasteiger partial charge on any atom is -0.267 e. The summed E-state index contributed by atoms with van der Waals surface area (Å²) in [5.74, 6) is 0.199. The van der Waals surface area contributed by atoms with E-state index in [-0.39, 0.29) is 22.1 Å². The minimum atomic E-state index is -0.405. The van der Waals surface area contributed by atoms with Gasteiger partial charge in [0.15, 0.2) is 5.69 Å². The summed E-state index contributed by atoms with van der Waals surface area (Å²) in [5, 5.41) is 9.98. The van der Waals surface area contributed by atoms with Gasteiger partial charge in [0.1, 0.15) is 0 Å². The van der Waals surface area contributed by atoms with Crippen LogP contribution in [0.1, 0.15) is 50.5 Å². The highest BCUT2D eigenvalue weighted by molar-refractivity contribution is 6.05. The molecular weight excluding hydrogens is 388 g/mol. The van der Waals surface area contributed by atoms with Gasteiger partial charge in [-0.05, 0) is 48.8 Å². The number of hydrogen-bond donors (Lipinski definition) is 1. The van der Waals surface area contributed by atoms with Crippen LogP contribution in [0.15, 0.2) is 64.5 Å². The van der Waals surface area contributed by atoms with Crippen molar-refractivity contribution in [3.05, 3.63) is 70.6 Å². The van der Waals surface area contributed by atoms with E-state index >= 15 is 0 Å². The largest absolute Gasteiger partial charge is 0.292 e. The number of rotatable bonds is 3. The van der Waals surface area contributed by atoms with E-state index in [9.17, 15) is 9.59 Å². The SMILES string of the molecule is CC1(C)[C@@H]2CC[C@]1(C)/C(=N/NC(=O)c1nn(-c3ccccc3)c(=O)c3ccccc13)C2. The van der Waals surface area contributed by atoms with E-state index in [0.29, 0.717) is 22.4 Å². The van der Waals surface area contributed by atoms with Crippen molar-refractivity contribution in [3.63, 3.8) is 0 Å². The monoisotopic (exact) mass is 414 g/mol. The standard InChI is InChI=1S/C25H26N4O2/c1-24(2)16-13-14-25(24,3)20(15-16)26-27-22(30)21-18-11-7-8-12-19(18)23(31)29(28-21)17-9-5-4-6-10-17/h4-12,16H,13-15H2,1-3H3,(H,27,30)/b26-20+/t16-,25-/m1/s1. The Bertz CT molecular complexity index is 1280. The van der Waals surface area contributed by atoms with Gasteiger partial charge in [0.05, 0.1) is 11.1 Å². The maximum absolute atomic E-state index is 13.2. The van der Waals surface area contributed by atoms with Crippen LogP contribution < -0.4 is 11.0 Å². The topological polar surface area (TPSA) is 76.3 Å². The quantitative estimate of drug-likeness (QED) is 0.649. The number of aromatic nitrogens is 2. The molecule has 0 unspecified atom stereocenters. The zero-order valence-corrected chi connectivity index (χ0v) is 18.1. The van der Waals surface area contributed by atoms with Gasteiger partial charge in [0.2, 0.25) is 0 Å². The van der Waals surface area contributed by atoms with Gasteiger partial charge in [-0.15, -0.1) is 0 Å². The van der Waals surface area contributed by atoms with Gasteiger partial charge in [-0.25, -0.2) is 5.43 Å². The van der Waals surface area contributed by atoms with Crippen LogP contribution in [0.4, 0.5) is 0 Å². The van der Waals surface area contributed by atoms with E-state index in [0.717, 1.165) is 18.6 Å². The molecule has 2 aliphatic carbocycles. The highest BCUT2D eigenvalue weighted by Crippen LogP contribution is 2.63. The first kappa shape index (κ1) is 19.7. The van der Waals surface area contributed by atoms with Crippen LogP contribution in [0.2, 0.25) is 0 Å². The predicted molar refractivity (Wildman–Crippen MR) is 121 cm³/mol. The number of para-hydroxylation sites is 1. The average molecular weight is 415 g/mol. The molecule has 2 aliphatic rings. The zero-order chi connectivity index (χ0) is 21.8. The molecule has 3 aromatic rings. The number of hydrazone groups is 1. The summed E-state index contributed by atoms with van der Waals surface area (Å²) in [6, 6.07) is 16.2. The second kappa shape index (κ2) is 6.87. The molecule has 2 bridgehead atoms. The van der Waals surface area contributed by atoms with Crippen LogP contribution in [0.5, 0.6) is 0 Å². The molecule has 6 nitrogen and oxygen atoms in total. The zero-order valence-electron chi connectivity index (χ0n) is 18.1. The fourth-order valence-electron chi connectivity index (χ4n) is 5.37. The lowest BCUT2D eigenvalue weighted by Gasteiger charge is -2.34. The summed E-state index contributed by atoms with van der Waals surface area (Å²) in [6.45, 7) is 6.87. The molecule has 158 valence electrons. The predicted octanol–water partition coefficient (Wildman–Crippen LogP) is 4.32. The molecule has 0 saturated heterocycles. The Morgan fingerprint density at radius 2 is 1.74 bits per heavy atom. The van der Waals surface area contributed by atoms with Crippen LogP contribution in [-0.4, -0.2) is 21.4 Å². The van der Waals surface area contributed by atoms with Crippen LogP contribution in [0, 0.1) is 16.7 Å². The van der Waals surface area contributed by atoms with E-state index in [1.54, 1.807) is 36.4 Å². The lowest BCUT2D eigenvalue weighted by Crippen LogP contribution is -2.34.